The maximum absolute atomic E-state index is 11.5. The van der Waals surface area contributed by atoms with Gasteiger partial charge in [-0.15, -0.1) is 0 Å². The lowest BCUT2D eigenvalue weighted by Gasteiger charge is -2.14. The van der Waals surface area contributed by atoms with Crippen molar-refractivity contribution >= 4 is 5.91 Å². The Morgan fingerprint density at radius 3 is 2.40 bits per heavy atom. The van der Waals surface area contributed by atoms with Gasteiger partial charge in [0.05, 0.1) is 0 Å². The van der Waals surface area contributed by atoms with Crippen LogP contribution in [0.2, 0.25) is 0 Å². The molecular weight excluding hydrogens is 252 g/mol. The van der Waals surface area contributed by atoms with Gasteiger partial charge in [0.15, 0.2) is 6.61 Å². The van der Waals surface area contributed by atoms with Gasteiger partial charge in [-0.3, -0.25) is 4.79 Å². The molecule has 4 heteroatoms. The van der Waals surface area contributed by atoms with E-state index >= 15 is 0 Å². The predicted molar refractivity (Wildman–Crippen MR) is 81.9 cm³/mol. The van der Waals surface area contributed by atoms with Crippen LogP contribution in [0.25, 0.3) is 0 Å². The van der Waals surface area contributed by atoms with E-state index in [0.717, 1.165) is 18.7 Å². The highest BCUT2D eigenvalue weighted by Crippen LogP contribution is 2.17. The van der Waals surface area contributed by atoms with Crippen LogP contribution in [0.4, 0.5) is 0 Å². The topological polar surface area (TPSA) is 50.4 Å². The second kappa shape index (κ2) is 8.59. The number of carbonyl (C=O) groups excluding carboxylic acids is 1. The molecule has 4 nitrogen and oxygen atoms in total. The quantitative estimate of drug-likeness (QED) is 0.768. The molecule has 0 aliphatic heterocycles. The van der Waals surface area contributed by atoms with E-state index in [-0.39, 0.29) is 18.6 Å². The van der Waals surface area contributed by atoms with Crippen molar-refractivity contribution in [3.05, 3.63) is 29.8 Å². The Morgan fingerprint density at radius 2 is 1.85 bits per heavy atom. The molecule has 1 aromatic carbocycles. The Kier molecular flexibility index (Phi) is 7.09. The van der Waals surface area contributed by atoms with Gasteiger partial charge in [-0.05, 0) is 51.4 Å². The summed E-state index contributed by atoms with van der Waals surface area (Å²) in [6.07, 6.45) is 1.12. The molecule has 1 amide bonds. The van der Waals surface area contributed by atoms with Crippen LogP contribution in [-0.2, 0) is 4.79 Å². The lowest BCUT2D eigenvalue weighted by molar-refractivity contribution is -0.123. The largest absolute Gasteiger partial charge is 0.484 e. The summed E-state index contributed by atoms with van der Waals surface area (Å²) in [5, 5.41) is 6.23. The van der Waals surface area contributed by atoms with Crippen LogP contribution in [0.3, 0.4) is 0 Å². The molecule has 112 valence electrons. The van der Waals surface area contributed by atoms with Crippen molar-refractivity contribution in [1.29, 1.82) is 0 Å². The fourth-order valence-corrected chi connectivity index (χ4v) is 1.84. The fourth-order valence-electron chi connectivity index (χ4n) is 1.84. The highest BCUT2D eigenvalue weighted by molar-refractivity contribution is 5.77. The van der Waals surface area contributed by atoms with Crippen molar-refractivity contribution in [2.24, 2.45) is 0 Å². The van der Waals surface area contributed by atoms with Crippen molar-refractivity contribution < 1.29 is 9.53 Å². The molecule has 2 N–H and O–H groups in total. The minimum atomic E-state index is -0.0953. The molecule has 0 fully saturated rings. The van der Waals surface area contributed by atoms with Crippen LogP contribution < -0.4 is 15.4 Å². The molecule has 0 aliphatic rings. The van der Waals surface area contributed by atoms with Gasteiger partial charge in [0, 0.05) is 12.1 Å². The third kappa shape index (κ3) is 6.06. The van der Waals surface area contributed by atoms with E-state index in [1.807, 2.05) is 38.1 Å². The van der Waals surface area contributed by atoms with Crippen LogP contribution in [0.5, 0.6) is 5.75 Å². The first-order valence-electron chi connectivity index (χ1n) is 7.28. The molecule has 0 aliphatic carbocycles. The van der Waals surface area contributed by atoms with Crippen LogP contribution in [0.1, 0.15) is 45.7 Å². The first-order valence-corrected chi connectivity index (χ1v) is 7.28. The smallest absolute Gasteiger partial charge is 0.258 e. The molecule has 1 aromatic rings. The number of hydrogen-bond acceptors (Lipinski definition) is 3. The van der Waals surface area contributed by atoms with E-state index in [9.17, 15) is 4.79 Å². The normalized spacial score (nSPS) is 12.2. The van der Waals surface area contributed by atoms with Gasteiger partial charge in [-0.1, -0.05) is 19.1 Å². The highest BCUT2D eigenvalue weighted by atomic mass is 16.5. The summed E-state index contributed by atoms with van der Waals surface area (Å²) in [7, 11) is 0. The maximum atomic E-state index is 11.5. The summed E-state index contributed by atoms with van der Waals surface area (Å²) in [5.41, 5.74) is 1.22. The summed E-state index contributed by atoms with van der Waals surface area (Å²) >= 11 is 0. The standard InChI is InChI=1S/C16H26N2O2/c1-5-10-17-13(4)14-6-8-15(9-7-14)20-11-16(19)18-12(2)3/h6-9,12-13,17H,5,10-11H2,1-4H3,(H,18,19). The number of amides is 1. The SMILES string of the molecule is CCCNC(C)c1ccc(OCC(=O)NC(C)C)cc1. The van der Waals surface area contributed by atoms with Gasteiger partial charge >= 0.3 is 0 Å². The highest BCUT2D eigenvalue weighted by Gasteiger charge is 2.06. The van der Waals surface area contributed by atoms with E-state index in [4.69, 9.17) is 4.74 Å². The van der Waals surface area contributed by atoms with Gasteiger partial charge in [0.2, 0.25) is 0 Å². The molecule has 20 heavy (non-hydrogen) atoms. The van der Waals surface area contributed by atoms with Crippen molar-refractivity contribution in [2.75, 3.05) is 13.2 Å². The van der Waals surface area contributed by atoms with E-state index < -0.39 is 0 Å². The minimum absolute atomic E-state index is 0.0567. The van der Waals surface area contributed by atoms with Gasteiger partial charge in [-0.25, -0.2) is 0 Å². The Morgan fingerprint density at radius 1 is 1.20 bits per heavy atom. The zero-order valence-corrected chi connectivity index (χ0v) is 12.9. The Labute approximate surface area is 121 Å². The fraction of sp³-hybridized carbons (Fsp3) is 0.562. The van der Waals surface area contributed by atoms with E-state index in [2.05, 4.69) is 24.5 Å². The molecule has 0 radical (unpaired) electrons. The second-order valence-corrected chi connectivity index (χ2v) is 5.26. The minimum Gasteiger partial charge on any atom is -0.484 e. The van der Waals surface area contributed by atoms with Gasteiger partial charge in [0.1, 0.15) is 5.75 Å². The van der Waals surface area contributed by atoms with Gasteiger partial charge in [0.25, 0.3) is 5.91 Å². The Hall–Kier alpha value is -1.55. The second-order valence-electron chi connectivity index (χ2n) is 5.26. The molecule has 0 bridgehead atoms. The Bertz CT molecular complexity index is 401. The molecule has 0 aromatic heterocycles. The molecule has 0 saturated carbocycles. The molecule has 1 atom stereocenters. The number of benzene rings is 1. The average Bonchev–Trinajstić information content (AvgIpc) is 2.42. The first kappa shape index (κ1) is 16.5. The van der Waals surface area contributed by atoms with Crippen molar-refractivity contribution in [3.63, 3.8) is 0 Å². The zero-order chi connectivity index (χ0) is 15.0. The lowest BCUT2D eigenvalue weighted by Crippen LogP contribution is -2.34. The summed E-state index contributed by atoms with van der Waals surface area (Å²) in [5.74, 6) is 0.623. The molecule has 0 heterocycles. The summed E-state index contributed by atoms with van der Waals surface area (Å²) < 4.78 is 5.45. The number of nitrogens with one attached hydrogen (secondary N) is 2. The van der Waals surface area contributed by atoms with Gasteiger partial charge in [-0.2, -0.15) is 0 Å². The van der Waals surface area contributed by atoms with Crippen LogP contribution in [0.15, 0.2) is 24.3 Å². The predicted octanol–water partition coefficient (Wildman–Crippen LogP) is 2.65. The number of ether oxygens (including phenoxy) is 1. The first-order chi connectivity index (χ1) is 9.52. The van der Waals surface area contributed by atoms with E-state index in [1.54, 1.807) is 0 Å². The molecule has 1 rings (SSSR count). The van der Waals surface area contributed by atoms with Crippen LogP contribution in [-0.4, -0.2) is 25.1 Å². The monoisotopic (exact) mass is 278 g/mol. The molecule has 0 saturated heterocycles. The zero-order valence-electron chi connectivity index (χ0n) is 12.9. The maximum Gasteiger partial charge on any atom is 0.258 e. The number of carbonyl (C=O) groups is 1. The van der Waals surface area contributed by atoms with Crippen molar-refractivity contribution in [1.82, 2.24) is 10.6 Å². The number of hydrogen-bond donors (Lipinski definition) is 2. The van der Waals surface area contributed by atoms with Crippen molar-refractivity contribution in [3.8, 4) is 5.75 Å². The summed E-state index contributed by atoms with van der Waals surface area (Å²) in [6, 6.07) is 8.34. The van der Waals surface area contributed by atoms with Crippen LogP contribution in [0, 0.1) is 0 Å². The van der Waals surface area contributed by atoms with Gasteiger partial charge < -0.3 is 15.4 Å². The molecule has 0 spiro atoms. The third-order valence-corrected chi connectivity index (χ3v) is 2.90. The number of rotatable bonds is 8. The Balaban J connectivity index is 2.44. The van der Waals surface area contributed by atoms with Crippen molar-refractivity contribution in [2.45, 2.75) is 46.2 Å². The average molecular weight is 278 g/mol. The third-order valence-electron chi connectivity index (χ3n) is 2.90. The van der Waals surface area contributed by atoms with Crippen LogP contribution >= 0.6 is 0 Å². The molecule has 1 unspecified atom stereocenters. The summed E-state index contributed by atoms with van der Waals surface area (Å²) in [4.78, 5) is 11.5. The van der Waals surface area contributed by atoms with E-state index in [1.165, 1.54) is 5.56 Å². The molecular formula is C16H26N2O2. The lowest BCUT2D eigenvalue weighted by atomic mass is 10.1. The summed E-state index contributed by atoms with van der Waals surface area (Å²) in [6.45, 7) is 9.21. The van der Waals surface area contributed by atoms with E-state index in [0.29, 0.717) is 6.04 Å².